The Kier molecular flexibility index (Phi) is 6.46. The molecule has 1 aromatic heterocycles. The highest BCUT2D eigenvalue weighted by Crippen LogP contribution is 2.56. The lowest BCUT2D eigenvalue weighted by molar-refractivity contribution is 0.768. The molecule has 0 bridgehead atoms. The summed E-state index contributed by atoms with van der Waals surface area (Å²) in [5.41, 5.74) is 12.3. The smallest absolute Gasteiger partial charge is 0.164 e. The minimum Gasteiger partial charge on any atom is -0.208 e. The Bertz CT molecular complexity index is 2050. The first-order chi connectivity index (χ1) is 22.1. The molecule has 0 radical (unpaired) electrons. The number of aryl methyl sites for hydroxylation is 2. The SMILES string of the molecule is Cc1ccc(-c2nc(-c3ccc(C)cc3)nc(-c3ccc4c(c3)C(c3ccccc3)(c3ccccc3)c3ccccc3-4)n2)cc1. The number of hydrogen-bond acceptors (Lipinski definition) is 3. The molecule has 0 atom stereocenters. The van der Waals surface area contributed by atoms with Crippen LogP contribution in [0.2, 0.25) is 0 Å². The molecule has 0 amide bonds. The van der Waals surface area contributed by atoms with Crippen molar-refractivity contribution in [3.05, 3.63) is 185 Å². The third-order valence-corrected chi connectivity index (χ3v) is 8.97. The summed E-state index contributed by atoms with van der Waals surface area (Å²) in [6.45, 7) is 4.18. The van der Waals surface area contributed by atoms with Gasteiger partial charge in [-0.25, -0.2) is 15.0 Å². The summed E-state index contributed by atoms with van der Waals surface area (Å²) >= 11 is 0. The molecule has 214 valence electrons. The quantitative estimate of drug-likeness (QED) is 0.204. The second-order valence-electron chi connectivity index (χ2n) is 11.8. The Balaban J connectivity index is 1.39. The van der Waals surface area contributed by atoms with Crippen molar-refractivity contribution >= 4 is 0 Å². The van der Waals surface area contributed by atoms with Gasteiger partial charge < -0.3 is 0 Å². The molecule has 0 fully saturated rings. The molecule has 45 heavy (non-hydrogen) atoms. The van der Waals surface area contributed by atoms with Crippen LogP contribution in [0.1, 0.15) is 33.4 Å². The summed E-state index contributed by atoms with van der Waals surface area (Å²) in [6, 6.07) is 54.0. The molecule has 0 spiro atoms. The van der Waals surface area contributed by atoms with E-state index in [1.807, 2.05) is 0 Å². The standard InChI is InChI=1S/C42H31N3/c1-28-17-21-30(22-18-28)39-43-40(31-23-19-29(2)20-24-31)45-41(44-39)32-25-26-36-35-15-9-10-16-37(35)42(38(36)27-32,33-11-5-3-6-12-33)34-13-7-4-8-14-34/h3-27H,1-2H3. The molecule has 0 unspecified atom stereocenters. The first kappa shape index (κ1) is 26.9. The molecular weight excluding hydrogens is 546 g/mol. The summed E-state index contributed by atoms with van der Waals surface area (Å²) in [7, 11) is 0. The fraction of sp³-hybridized carbons (Fsp3) is 0.0714. The maximum Gasteiger partial charge on any atom is 0.164 e. The van der Waals surface area contributed by atoms with Crippen molar-refractivity contribution in [3.8, 4) is 45.3 Å². The van der Waals surface area contributed by atoms with Gasteiger partial charge in [-0.2, -0.15) is 0 Å². The maximum atomic E-state index is 5.09. The largest absolute Gasteiger partial charge is 0.208 e. The third-order valence-electron chi connectivity index (χ3n) is 8.97. The van der Waals surface area contributed by atoms with Crippen LogP contribution >= 0.6 is 0 Å². The van der Waals surface area contributed by atoms with Crippen molar-refractivity contribution in [1.29, 1.82) is 0 Å². The first-order valence-corrected chi connectivity index (χ1v) is 15.4. The summed E-state index contributed by atoms with van der Waals surface area (Å²) in [4.78, 5) is 15.1. The van der Waals surface area contributed by atoms with Gasteiger partial charge in [0.1, 0.15) is 0 Å². The summed E-state index contributed by atoms with van der Waals surface area (Å²) in [5, 5.41) is 0. The maximum absolute atomic E-state index is 5.09. The average molecular weight is 578 g/mol. The van der Waals surface area contributed by atoms with E-state index in [4.69, 9.17) is 15.0 Å². The lowest BCUT2D eigenvalue weighted by Gasteiger charge is -2.34. The van der Waals surface area contributed by atoms with Gasteiger partial charge in [0, 0.05) is 16.7 Å². The van der Waals surface area contributed by atoms with Crippen molar-refractivity contribution in [2.24, 2.45) is 0 Å². The van der Waals surface area contributed by atoms with Crippen LogP contribution in [0.4, 0.5) is 0 Å². The molecule has 7 aromatic rings. The molecule has 0 saturated heterocycles. The lowest BCUT2D eigenvalue weighted by Crippen LogP contribution is -2.28. The van der Waals surface area contributed by atoms with Crippen LogP contribution in [0.3, 0.4) is 0 Å². The monoisotopic (exact) mass is 577 g/mol. The number of benzene rings is 6. The van der Waals surface area contributed by atoms with Gasteiger partial charge in [0.05, 0.1) is 5.41 Å². The summed E-state index contributed by atoms with van der Waals surface area (Å²) in [5.74, 6) is 1.98. The van der Waals surface area contributed by atoms with Gasteiger partial charge >= 0.3 is 0 Å². The number of aromatic nitrogens is 3. The Morgan fingerprint density at radius 1 is 0.378 bits per heavy atom. The van der Waals surface area contributed by atoms with Crippen LogP contribution in [-0.4, -0.2) is 15.0 Å². The highest BCUT2D eigenvalue weighted by atomic mass is 15.0. The van der Waals surface area contributed by atoms with E-state index >= 15 is 0 Å². The van der Waals surface area contributed by atoms with E-state index in [0.717, 1.165) is 16.7 Å². The Hall–Kier alpha value is -5.67. The van der Waals surface area contributed by atoms with Crippen molar-refractivity contribution in [2.75, 3.05) is 0 Å². The third kappa shape index (κ3) is 4.47. The van der Waals surface area contributed by atoms with Crippen LogP contribution in [0.15, 0.2) is 152 Å². The zero-order valence-corrected chi connectivity index (χ0v) is 25.3. The average Bonchev–Trinajstić information content (AvgIpc) is 3.40. The number of nitrogens with zero attached hydrogens (tertiary/aromatic N) is 3. The molecule has 8 rings (SSSR count). The fourth-order valence-corrected chi connectivity index (χ4v) is 6.75. The zero-order valence-electron chi connectivity index (χ0n) is 25.3. The van der Waals surface area contributed by atoms with E-state index in [1.54, 1.807) is 0 Å². The van der Waals surface area contributed by atoms with Crippen LogP contribution in [0.5, 0.6) is 0 Å². The van der Waals surface area contributed by atoms with E-state index in [2.05, 4.69) is 166 Å². The molecule has 3 heteroatoms. The summed E-state index contributed by atoms with van der Waals surface area (Å²) in [6.07, 6.45) is 0. The van der Waals surface area contributed by atoms with Crippen LogP contribution in [0.25, 0.3) is 45.3 Å². The number of rotatable bonds is 5. The predicted octanol–water partition coefficient (Wildman–Crippen LogP) is 9.85. The number of fused-ring (bicyclic) bond motifs is 3. The Morgan fingerprint density at radius 2 is 0.800 bits per heavy atom. The van der Waals surface area contributed by atoms with Gasteiger partial charge in [0.15, 0.2) is 17.5 Å². The van der Waals surface area contributed by atoms with Crippen molar-refractivity contribution in [1.82, 2.24) is 15.0 Å². The number of hydrogen-bond donors (Lipinski definition) is 0. The second kappa shape index (κ2) is 10.8. The molecular formula is C42H31N3. The van der Waals surface area contributed by atoms with Gasteiger partial charge in [0.2, 0.25) is 0 Å². The van der Waals surface area contributed by atoms with Gasteiger partial charge in [-0.3, -0.25) is 0 Å². The molecule has 6 aromatic carbocycles. The normalized spacial score (nSPS) is 12.8. The molecule has 0 aliphatic heterocycles. The van der Waals surface area contributed by atoms with E-state index in [1.165, 1.54) is 44.5 Å². The van der Waals surface area contributed by atoms with Crippen LogP contribution in [0, 0.1) is 13.8 Å². The topological polar surface area (TPSA) is 38.7 Å². The van der Waals surface area contributed by atoms with Gasteiger partial charge in [0.25, 0.3) is 0 Å². The molecule has 3 nitrogen and oxygen atoms in total. The van der Waals surface area contributed by atoms with Gasteiger partial charge in [-0.15, -0.1) is 0 Å². The molecule has 1 aliphatic carbocycles. The highest BCUT2D eigenvalue weighted by molar-refractivity contribution is 5.88. The van der Waals surface area contributed by atoms with Crippen LogP contribution in [-0.2, 0) is 5.41 Å². The Morgan fingerprint density at radius 3 is 1.33 bits per heavy atom. The molecule has 1 heterocycles. The molecule has 0 N–H and O–H groups in total. The first-order valence-electron chi connectivity index (χ1n) is 15.4. The Labute approximate surface area is 264 Å². The minimum atomic E-state index is -0.489. The molecule has 1 aliphatic rings. The van der Waals surface area contributed by atoms with E-state index in [-0.39, 0.29) is 0 Å². The van der Waals surface area contributed by atoms with E-state index < -0.39 is 5.41 Å². The minimum absolute atomic E-state index is 0.489. The van der Waals surface area contributed by atoms with Gasteiger partial charge in [-0.1, -0.05) is 157 Å². The van der Waals surface area contributed by atoms with Crippen molar-refractivity contribution in [3.63, 3.8) is 0 Å². The van der Waals surface area contributed by atoms with Gasteiger partial charge in [-0.05, 0) is 53.3 Å². The van der Waals surface area contributed by atoms with Crippen LogP contribution < -0.4 is 0 Å². The van der Waals surface area contributed by atoms with E-state index in [0.29, 0.717) is 17.5 Å². The zero-order chi connectivity index (χ0) is 30.4. The van der Waals surface area contributed by atoms with E-state index in [9.17, 15) is 0 Å². The second-order valence-corrected chi connectivity index (χ2v) is 11.8. The van der Waals surface area contributed by atoms with Crippen molar-refractivity contribution in [2.45, 2.75) is 19.3 Å². The molecule has 0 saturated carbocycles. The lowest BCUT2D eigenvalue weighted by atomic mass is 9.67. The summed E-state index contributed by atoms with van der Waals surface area (Å²) < 4.78 is 0. The fourth-order valence-electron chi connectivity index (χ4n) is 6.75. The predicted molar refractivity (Wildman–Crippen MR) is 183 cm³/mol. The van der Waals surface area contributed by atoms with Crippen molar-refractivity contribution < 1.29 is 0 Å². The highest BCUT2D eigenvalue weighted by Gasteiger charge is 2.46.